The number of hydrogen-bond acceptors (Lipinski definition) is 4. The summed E-state index contributed by atoms with van der Waals surface area (Å²) in [7, 11) is 0. The van der Waals surface area contributed by atoms with Gasteiger partial charge in [-0.25, -0.2) is 9.59 Å². The number of rotatable bonds is 11. The van der Waals surface area contributed by atoms with Gasteiger partial charge in [-0.15, -0.1) is 0 Å². The Hall–Kier alpha value is -1.58. The van der Waals surface area contributed by atoms with Gasteiger partial charge in [-0.2, -0.15) is 0 Å². The van der Waals surface area contributed by atoms with Crippen LogP contribution in [-0.4, -0.2) is 25.2 Å². The minimum absolute atomic E-state index is 0.0380. The zero-order chi connectivity index (χ0) is 17.7. The first-order valence-electron chi connectivity index (χ1n) is 8.62. The standard InChI is InChI=1S/C19H32O4/c1-6-8-9-10-12-16(5)18(20)23-14-17(11-7-2)19(21)22-13-15(3)4/h11-12,15H,6-10,13-14H2,1-5H3. The fourth-order valence-corrected chi connectivity index (χ4v) is 1.84. The predicted molar refractivity (Wildman–Crippen MR) is 93.0 cm³/mol. The molecule has 0 saturated heterocycles. The van der Waals surface area contributed by atoms with Gasteiger partial charge >= 0.3 is 11.9 Å². The van der Waals surface area contributed by atoms with E-state index in [0.29, 0.717) is 24.2 Å². The first-order valence-corrected chi connectivity index (χ1v) is 8.62. The molecule has 0 unspecified atom stereocenters. The molecular weight excluding hydrogens is 292 g/mol. The average Bonchev–Trinajstić information content (AvgIpc) is 2.52. The largest absolute Gasteiger partial charge is 0.462 e. The van der Waals surface area contributed by atoms with Crippen LogP contribution in [0.2, 0.25) is 0 Å². The van der Waals surface area contributed by atoms with Crippen molar-refractivity contribution in [3.63, 3.8) is 0 Å². The Bertz CT molecular complexity index is 419. The molecule has 0 aliphatic heterocycles. The van der Waals surface area contributed by atoms with E-state index in [1.54, 1.807) is 13.0 Å². The Morgan fingerprint density at radius 1 is 1.00 bits per heavy atom. The van der Waals surface area contributed by atoms with Gasteiger partial charge in [-0.3, -0.25) is 0 Å². The molecule has 0 aromatic heterocycles. The Kier molecular flexibility index (Phi) is 12.0. The van der Waals surface area contributed by atoms with Crippen molar-refractivity contribution in [2.45, 2.75) is 66.7 Å². The van der Waals surface area contributed by atoms with E-state index in [1.165, 1.54) is 0 Å². The van der Waals surface area contributed by atoms with Gasteiger partial charge in [-0.05, 0) is 32.1 Å². The normalized spacial score (nSPS) is 12.4. The maximum absolute atomic E-state index is 12.0. The molecule has 0 aliphatic carbocycles. The quantitative estimate of drug-likeness (QED) is 0.317. The lowest BCUT2D eigenvalue weighted by molar-refractivity contribution is -0.143. The second-order valence-electron chi connectivity index (χ2n) is 6.09. The van der Waals surface area contributed by atoms with Crippen LogP contribution >= 0.6 is 0 Å². The lowest BCUT2D eigenvalue weighted by Crippen LogP contribution is -2.18. The van der Waals surface area contributed by atoms with Crippen molar-refractivity contribution in [3.8, 4) is 0 Å². The van der Waals surface area contributed by atoms with E-state index in [9.17, 15) is 9.59 Å². The Morgan fingerprint density at radius 3 is 2.26 bits per heavy atom. The molecule has 4 heteroatoms. The van der Waals surface area contributed by atoms with E-state index >= 15 is 0 Å². The molecule has 0 fully saturated rings. The molecule has 132 valence electrons. The Labute approximate surface area is 140 Å². The van der Waals surface area contributed by atoms with Gasteiger partial charge in [0.15, 0.2) is 0 Å². The van der Waals surface area contributed by atoms with E-state index in [1.807, 2.05) is 26.8 Å². The monoisotopic (exact) mass is 324 g/mol. The summed E-state index contributed by atoms with van der Waals surface area (Å²) in [5.74, 6) is -0.504. The molecule has 23 heavy (non-hydrogen) atoms. The first kappa shape index (κ1) is 21.4. The summed E-state index contributed by atoms with van der Waals surface area (Å²) in [4.78, 5) is 23.9. The fraction of sp³-hybridized carbons (Fsp3) is 0.684. The van der Waals surface area contributed by atoms with Gasteiger partial charge in [0.05, 0.1) is 12.2 Å². The van der Waals surface area contributed by atoms with Gasteiger partial charge in [0.1, 0.15) is 6.61 Å². The smallest absolute Gasteiger partial charge is 0.337 e. The van der Waals surface area contributed by atoms with E-state index in [4.69, 9.17) is 9.47 Å². The van der Waals surface area contributed by atoms with Gasteiger partial charge in [0.2, 0.25) is 0 Å². The van der Waals surface area contributed by atoms with Crippen molar-refractivity contribution in [3.05, 3.63) is 23.3 Å². The summed E-state index contributed by atoms with van der Waals surface area (Å²) in [6.07, 6.45) is 8.60. The second kappa shape index (κ2) is 12.9. The van der Waals surface area contributed by atoms with Gasteiger partial charge in [0, 0.05) is 5.57 Å². The van der Waals surface area contributed by atoms with Crippen LogP contribution in [0.1, 0.15) is 66.7 Å². The number of hydrogen-bond donors (Lipinski definition) is 0. The van der Waals surface area contributed by atoms with Crippen LogP contribution in [0.3, 0.4) is 0 Å². The Balaban J connectivity index is 4.42. The van der Waals surface area contributed by atoms with Crippen LogP contribution in [-0.2, 0) is 19.1 Å². The molecule has 4 nitrogen and oxygen atoms in total. The number of ether oxygens (including phenoxy) is 2. The molecule has 0 N–H and O–H groups in total. The topological polar surface area (TPSA) is 52.6 Å². The van der Waals surface area contributed by atoms with Crippen molar-refractivity contribution >= 4 is 11.9 Å². The fourth-order valence-electron chi connectivity index (χ4n) is 1.84. The van der Waals surface area contributed by atoms with Crippen LogP contribution in [0.25, 0.3) is 0 Å². The minimum Gasteiger partial charge on any atom is -0.462 e. The number of allylic oxidation sites excluding steroid dienone is 2. The number of esters is 2. The van der Waals surface area contributed by atoms with E-state index in [-0.39, 0.29) is 18.5 Å². The van der Waals surface area contributed by atoms with E-state index < -0.39 is 5.97 Å². The molecule has 0 amide bonds. The van der Waals surface area contributed by atoms with E-state index in [2.05, 4.69) is 6.92 Å². The number of carbonyl (C=O) groups is 2. The highest BCUT2D eigenvalue weighted by molar-refractivity contribution is 5.91. The average molecular weight is 324 g/mol. The Morgan fingerprint density at radius 2 is 1.70 bits per heavy atom. The zero-order valence-corrected chi connectivity index (χ0v) is 15.3. The summed E-state index contributed by atoms with van der Waals surface area (Å²) in [6, 6.07) is 0. The summed E-state index contributed by atoms with van der Waals surface area (Å²) in [5, 5.41) is 0. The summed E-state index contributed by atoms with van der Waals surface area (Å²) in [6.45, 7) is 10.1. The number of carbonyl (C=O) groups excluding carboxylic acids is 2. The van der Waals surface area contributed by atoms with Crippen LogP contribution < -0.4 is 0 Å². The maximum atomic E-state index is 12.0. The predicted octanol–water partition coefficient (Wildman–Crippen LogP) is 4.59. The summed E-state index contributed by atoms with van der Waals surface area (Å²) in [5.41, 5.74) is 0.993. The minimum atomic E-state index is -0.405. The highest BCUT2D eigenvalue weighted by Gasteiger charge is 2.14. The van der Waals surface area contributed by atoms with Gasteiger partial charge in [-0.1, -0.05) is 52.7 Å². The molecule has 0 aromatic carbocycles. The van der Waals surface area contributed by atoms with Crippen molar-refractivity contribution in [1.29, 1.82) is 0 Å². The maximum Gasteiger partial charge on any atom is 0.337 e. The molecule has 0 spiro atoms. The van der Waals surface area contributed by atoms with Crippen LogP contribution in [0.15, 0.2) is 23.3 Å². The van der Waals surface area contributed by atoms with E-state index in [0.717, 1.165) is 25.7 Å². The molecule has 0 aliphatic rings. The molecule has 0 rings (SSSR count). The summed E-state index contributed by atoms with van der Waals surface area (Å²) < 4.78 is 10.4. The van der Waals surface area contributed by atoms with Crippen LogP contribution in [0, 0.1) is 5.92 Å². The highest BCUT2D eigenvalue weighted by Crippen LogP contribution is 2.08. The summed E-state index contributed by atoms with van der Waals surface area (Å²) >= 11 is 0. The van der Waals surface area contributed by atoms with Crippen molar-refractivity contribution in [1.82, 2.24) is 0 Å². The lowest BCUT2D eigenvalue weighted by Gasteiger charge is -2.11. The SMILES string of the molecule is CCC=C(COC(=O)C(C)=CCCCCC)C(=O)OCC(C)C. The molecule has 0 aromatic rings. The molecule has 0 radical (unpaired) electrons. The van der Waals surface area contributed by atoms with Crippen LogP contribution in [0.4, 0.5) is 0 Å². The first-order chi connectivity index (χ1) is 10.9. The third-order valence-corrected chi connectivity index (χ3v) is 3.20. The third-order valence-electron chi connectivity index (χ3n) is 3.20. The second-order valence-corrected chi connectivity index (χ2v) is 6.09. The molecular formula is C19H32O4. The highest BCUT2D eigenvalue weighted by atomic mass is 16.5. The molecule has 0 bridgehead atoms. The van der Waals surface area contributed by atoms with Crippen molar-refractivity contribution < 1.29 is 19.1 Å². The van der Waals surface area contributed by atoms with Crippen molar-refractivity contribution in [2.24, 2.45) is 5.92 Å². The molecule has 0 atom stereocenters. The van der Waals surface area contributed by atoms with Gasteiger partial charge in [0.25, 0.3) is 0 Å². The zero-order valence-electron chi connectivity index (χ0n) is 15.3. The lowest BCUT2D eigenvalue weighted by atomic mass is 10.1. The van der Waals surface area contributed by atoms with Crippen molar-refractivity contribution in [2.75, 3.05) is 13.2 Å². The van der Waals surface area contributed by atoms with Crippen LogP contribution in [0.5, 0.6) is 0 Å². The van der Waals surface area contributed by atoms with Gasteiger partial charge < -0.3 is 9.47 Å². The number of unbranched alkanes of at least 4 members (excludes halogenated alkanes) is 3. The molecule has 0 heterocycles. The third kappa shape index (κ3) is 10.7. The molecule has 0 saturated carbocycles.